The normalized spacial score (nSPS) is 14.1. The molecular weight excluding hydrogens is 250 g/mol. The quantitative estimate of drug-likeness (QED) is 0.843. The molecule has 1 atom stereocenters. The molecule has 0 bridgehead atoms. The summed E-state index contributed by atoms with van der Waals surface area (Å²) < 4.78 is 2.09. The molecule has 2 N–H and O–H groups in total. The monoisotopic (exact) mass is 281 g/mol. The lowest BCUT2D eigenvalue weighted by molar-refractivity contribution is 0.146. The van der Waals surface area contributed by atoms with Crippen molar-refractivity contribution in [3.05, 3.63) is 17.0 Å². The van der Waals surface area contributed by atoms with E-state index in [-0.39, 0.29) is 11.6 Å². The fourth-order valence-corrected chi connectivity index (χ4v) is 2.58. The fourth-order valence-electron chi connectivity index (χ4n) is 2.58. The van der Waals surface area contributed by atoms with Gasteiger partial charge in [-0.1, -0.05) is 13.8 Å². The molecule has 0 fully saturated rings. The lowest BCUT2D eigenvalue weighted by atomic mass is 10.1. The van der Waals surface area contributed by atoms with Gasteiger partial charge in [0.05, 0.1) is 17.3 Å². The highest BCUT2D eigenvalue weighted by Crippen LogP contribution is 2.21. The Labute approximate surface area is 123 Å². The number of rotatable bonds is 6. The van der Waals surface area contributed by atoms with Crippen LogP contribution in [-0.2, 0) is 12.1 Å². The van der Waals surface area contributed by atoms with Crippen molar-refractivity contribution in [1.29, 1.82) is 0 Å². The zero-order valence-corrected chi connectivity index (χ0v) is 14.1. The van der Waals surface area contributed by atoms with Crippen molar-refractivity contribution in [2.75, 3.05) is 6.54 Å². The van der Waals surface area contributed by atoms with E-state index in [0.717, 1.165) is 18.7 Å². The summed E-state index contributed by atoms with van der Waals surface area (Å²) in [5.74, 6) is 0.527. The van der Waals surface area contributed by atoms with Crippen LogP contribution in [0.5, 0.6) is 0 Å². The number of hydrogen-bond donors (Lipinski definition) is 2. The molecule has 0 amide bonds. The summed E-state index contributed by atoms with van der Waals surface area (Å²) in [6, 6.07) is 0. The second kappa shape index (κ2) is 6.72. The molecule has 0 saturated heterocycles. The zero-order valence-electron chi connectivity index (χ0n) is 14.1. The molecule has 0 aliphatic rings. The Morgan fingerprint density at radius 2 is 1.85 bits per heavy atom. The SMILES string of the molecule is Cc1nn(C(C)(C)C)c(C)c1CNCC(O)CC(C)C. The molecule has 0 saturated carbocycles. The second-order valence-electron chi connectivity index (χ2n) is 7.15. The van der Waals surface area contributed by atoms with Crippen LogP contribution in [0.2, 0.25) is 0 Å². The molecule has 1 unspecified atom stereocenters. The Kier molecular flexibility index (Phi) is 5.78. The van der Waals surface area contributed by atoms with Crippen molar-refractivity contribution in [3.63, 3.8) is 0 Å². The maximum absolute atomic E-state index is 9.89. The molecule has 1 aromatic heterocycles. The first-order valence-electron chi connectivity index (χ1n) is 7.57. The first kappa shape index (κ1) is 17.2. The van der Waals surface area contributed by atoms with Crippen LogP contribution in [0, 0.1) is 19.8 Å². The van der Waals surface area contributed by atoms with Crippen LogP contribution in [0.25, 0.3) is 0 Å². The van der Waals surface area contributed by atoms with E-state index >= 15 is 0 Å². The highest BCUT2D eigenvalue weighted by molar-refractivity contribution is 5.25. The van der Waals surface area contributed by atoms with E-state index < -0.39 is 0 Å². The molecule has 4 nitrogen and oxygen atoms in total. The van der Waals surface area contributed by atoms with Gasteiger partial charge in [-0.25, -0.2) is 0 Å². The predicted octanol–water partition coefficient (Wildman–Crippen LogP) is 2.75. The third-order valence-electron chi connectivity index (χ3n) is 3.50. The number of aliphatic hydroxyl groups is 1. The summed E-state index contributed by atoms with van der Waals surface area (Å²) in [7, 11) is 0. The van der Waals surface area contributed by atoms with Crippen molar-refractivity contribution in [3.8, 4) is 0 Å². The fraction of sp³-hybridized carbons (Fsp3) is 0.812. The van der Waals surface area contributed by atoms with Crippen molar-refractivity contribution in [2.24, 2.45) is 5.92 Å². The Morgan fingerprint density at radius 3 is 2.30 bits per heavy atom. The minimum atomic E-state index is -0.270. The minimum absolute atomic E-state index is 0.00422. The number of aryl methyl sites for hydroxylation is 1. The van der Waals surface area contributed by atoms with E-state index in [1.807, 2.05) is 0 Å². The molecular formula is C16H31N3O. The first-order valence-corrected chi connectivity index (χ1v) is 7.57. The average molecular weight is 281 g/mol. The number of hydrogen-bond acceptors (Lipinski definition) is 3. The van der Waals surface area contributed by atoms with Gasteiger partial charge in [-0.3, -0.25) is 4.68 Å². The van der Waals surface area contributed by atoms with Crippen molar-refractivity contribution >= 4 is 0 Å². The van der Waals surface area contributed by atoms with Gasteiger partial charge in [0.1, 0.15) is 0 Å². The molecule has 20 heavy (non-hydrogen) atoms. The van der Waals surface area contributed by atoms with Gasteiger partial charge in [-0.15, -0.1) is 0 Å². The molecule has 116 valence electrons. The van der Waals surface area contributed by atoms with Crippen LogP contribution >= 0.6 is 0 Å². The molecule has 1 rings (SSSR count). The third kappa shape index (κ3) is 4.60. The molecule has 1 heterocycles. The van der Waals surface area contributed by atoms with Crippen LogP contribution in [0.3, 0.4) is 0 Å². The molecule has 0 aromatic carbocycles. The van der Waals surface area contributed by atoms with Crippen LogP contribution in [0.1, 0.15) is 58.0 Å². The number of aliphatic hydroxyl groups excluding tert-OH is 1. The number of nitrogens with zero attached hydrogens (tertiary/aromatic N) is 2. The number of nitrogens with one attached hydrogen (secondary N) is 1. The first-order chi connectivity index (χ1) is 9.12. The average Bonchev–Trinajstić information content (AvgIpc) is 2.55. The minimum Gasteiger partial charge on any atom is -0.392 e. The summed E-state index contributed by atoms with van der Waals surface area (Å²) in [5, 5.41) is 17.9. The van der Waals surface area contributed by atoms with E-state index in [1.165, 1.54) is 11.3 Å². The molecule has 0 spiro atoms. The topological polar surface area (TPSA) is 50.1 Å². The van der Waals surface area contributed by atoms with Crippen molar-refractivity contribution in [1.82, 2.24) is 15.1 Å². The van der Waals surface area contributed by atoms with E-state index in [0.29, 0.717) is 12.5 Å². The van der Waals surface area contributed by atoms with Gasteiger partial charge in [0.15, 0.2) is 0 Å². The van der Waals surface area contributed by atoms with Gasteiger partial charge in [0.25, 0.3) is 0 Å². The van der Waals surface area contributed by atoms with Gasteiger partial charge in [0.2, 0.25) is 0 Å². The summed E-state index contributed by atoms with van der Waals surface area (Å²) in [6.45, 7) is 16.3. The number of aromatic nitrogens is 2. The van der Waals surface area contributed by atoms with Gasteiger partial charge < -0.3 is 10.4 Å². The Balaban J connectivity index is 2.63. The Bertz CT molecular complexity index is 430. The maximum atomic E-state index is 9.89. The van der Waals surface area contributed by atoms with Gasteiger partial charge in [0, 0.05) is 24.3 Å². The standard InChI is InChI=1S/C16H31N3O/c1-11(2)8-14(20)9-17-10-15-12(3)18-19(13(15)4)16(5,6)7/h11,14,17,20H,8-10H2,1-7H3. The van der Waals surface area contributed by atoms with E-state index in [4.69, 9.17) is 0 Å². The zero-order chi connectivity index (χ0) is 15.5. The summed E-state index contributed by atoms with van der Waals surface area (Å²) >= 11 is 0. The van der Waals surface area contributed by atoms with Crippen LogP contribution in [0.15, 0.2) is 0 Å². The van der Waals surface area contributed by atoms with Crippen molar-refractivity contribution in [2.45, 2.75) is 73.1 Å². The highest BCUT2D eigenvalue weighted by atomic mass is 16.3. The van der Waals surface area contributed by atoms with Gasteiger partial charge >= 0.3 is 0 Å². The Morgan fingerprint density at radius 1 is 1.25 bits per heavy atom. The second-order valence-corrected chi connectivity index (χ2v) is 7.15. The molecule has 0 aliphatic heterocycles. The van der Waals surface area contributed by atoms with Crippen LogP contribution in [-0.4, -0.2) is 27.5 Å². The van der Waals surface area contributed by atoms with E-state index in [1.54, 1.807) is 0 Å². The van der Waals surface area contributed by atoms with Crippen LogP contribution < -0.4 is 5.32 Å². The predicted molar refractivity (Wildman–Crippen MR) is 83.9 cm³/mol. The summed E-state index contributed by atoms with van der Waals surface area (Å²) in [5.41, 5.74) is 3.53. The Hall–Kier alpha value is -0.870. The summed E-state index contributed by atoms with van der Waals surface area (Å²) in [6.07, 6.45) is 0.569. The van der Waals surface area contributed by atoms with E-state index in [2.05, 4.69) is 63.6 Å². The molecule has 4 heteroatoms. The molecule has 0 radical (unpaired) electrons. The van der Waals surface area contributed by atoms with Gasteiger partial charge in [-0.2, -0.15) is 5.10 Å². The lowest BCUT2D eigenvalue weighted by Gasteiger charge is -2.21. The van der Waals surface area contributed by atoms with Crippen molar-refractivity contribution < 1.29 is 5.11 Å². The maximum Gasteiger partial charge on any atom is 0.0667 e. The largest absolute Gasteiger partial charge is 0.392 e. The molecule has 1 aromatic rings. The van der Waals surface area contributed by atoms with Gasteiger partial charge in [-0.05, 0) is 47.0 Å². The van der Waals surface area contributed by atoms with E-state index in [9.17, 15) is 5.11 Å². The molecule has 0 aliphatic carbocycles. The van der Waals surface area contributed by atoms with Crippen LogP contribution in [0.4, 0.5) is 0 Å². The third-order valence-corrected chi connectivity index (χ3v) is 3.50. The summed E-state index contributed by atoms with van der Waals surface area (Å²) in [4.78, 5) is 0. The lowest BCUT2D eigenvalue weighted by Crippen LogP contribution is -2.28. The smallest absolute Gasteiger partial charge is 0.0667 e. The highest BCUT2D eigenvalue weighted by Gasteiger charge is 2.20.